The van der Waals surface area contributed by atoms with Gasteiger partial charge in [0, 0.05) is 45.3 Å². The van der Waals surface area contributed by atoms with Gasteiger partial charge < -0.3 is 19.6 Å². The van der Waals surface area contributed by atoms with Crippen LogP contribution in [-0.4, -0.2) is 0 Å². The summed E-state index contributed by atoms with van der Waals surface area (Å²) in [5.74, 6) is 0. The first-order valence-electron chi connectivity index (χ1n) is 46.3. The number of para-hydroxylation sites is 6. The minimum Gasteiger partial charge on any atom is -0.310 e. The highest BCUT2D eigenvalue weighted by Crippen LogP contribution is 2.68. The minimum absolute atomic E-state index is 0.563. The molecule has 0 N–H and O–H groups in total. The first-order valence-corrected chi connectivity index (χ1v) is 46.3. The maximum absolute atomic E-state index is 2.47. The largest absolute Gasteiger partial charge is 0.310 e. The van der Waals surface area contributed by atoms with Gasteiger partial charge in [0.05, 0.1) is 45.0 Å². The Labute approximate surface area is 782 Å². The van der Waals surface area contributed by atoms with Gasteiger partial charge >= 0.3 is 0 Å². The molecule has 2 aliphatic carbocycles. The van der Waals surface area contributed by atoms with Crippen molar-refractivity contribution in [2.45, 2.75) is 10.8 Å². The Kier molecular flexibility index (Phi) is 19.4. The Hall–Kier alpha value is -17.4. The molecule has 4 nitrogen and oxygen atoms in total. The number of hydrogen-bond donors (Lipinski definition) is 0. The molecule has 4 heteroatoms. The molecule has 0 radical (unpaired) electrons. The van der Waals surface area contributed by atoms with Crippen molar-refractivity contribution in [3.63, 3.8) is 0 Å². The topological polar surface area (TPSA) is 13.0 Å². The third kappa shape index (κ3) is 13.0. The van der Waals surface area contributed by atoms with Crippen LogP contribution >= 0.6 is 0 Å². The van der Waals surface area contributed by atoms with Crippen molar-refractivity contribution in [3.8, 4) is 89.0 Å². The van der Waals surface area contributed by atoms with E-state index in [1.807, 2.05) is 0 Å². The SMILES string of the molecule is c1ccc(-c2ccc(N(c3ccc(-c4ccc(-c5ccc6ccccc6c5)cc4)cc3)c3cccc4c3-c3ccccc3C43c4ccccc4N(c4ccccc4)c4ccccc43)cc2)cc1.c1ccc(-c2ccc(N(c3ccc(-c4ccc(-c5cccc6ccccc56)cc4)cc3)c3cccc4c3-c3ccccc3C43c4ccccc4N(c4ccccc4)c4ccccc43)cc2)cc1. The first kappa shape index (κ1) is 78.8. The molecule has 4 aliphatic rings. The van der Waals surface area contributed by atoms with Crippen LogP contribution in [0.1, 0.15) is 44.5 Å². The third-order valence-corrected chi connectivity index (χ3v) is 28.1. The Balaban J connectivity index is 0.000000143. The third-order valence-electron chi connectivity index (χ3n) is 28.1. The van der Waals surface area contributed by atoms with Crippen molar-refractivity contribution < 1.29 is 0 Å². The number of anilines is 12. The fourth-order valence-corrected chi connectivity index (χ4v) is 22.2. The highest BCUT2D eigenvalue weighted by atomic mass is 15.2. The van der Waals surface area contributed by atoms with E-state index in [1.165, 1.54) is 178 Å². The maximum Gasteiger partial charge on any atom is 0.0755 e. The molecule has 628 valence electrons. The van der Waals surface area contributed by atoms with Crippen LogP contribution in [0.4, 0.5) is 68.2 Å². The average Bonchev–Trinajstić information content (AvgIpc) is 1.50. The lowest BCUT2D eigenvalue weighted by Gasteiger charge is -2.45. The zero-order valence-electron chi connectivity index (χ0n) is 73.6. The van der Waals surface area contributed by atoms with Crippen LogP contribution in [0.5, 0.6) is 0 Å². The zero-order chi connectivity index (χ0) is 88.6. The molecule has 0 aromatic heterocycles. The molecule has 0 amide bonds. The molecule has 26 rings (SSSR count). The quantitative estimate of drug-likeness (QED) is 0.108. The maximum atomic E-state index is 2.47. The van der Waals surface area contributed by atoms with Crippen molar-refractivity contribution in [2.24, 2.45) is 0 Å². The van der Waals surface area contributed by atoms with Gasteiger partial charge in [0.2, 0.25) is 0 Å². The number of nitrogens with zero attached hydrogens (tertiary/aromatic N) is 4. The second-order valence-electron chi connectivity index (χ2n) is 35.2. The lowest BCUT2D eigenvalue weighted by atomic mass is 9.64. The van der Waals surface area contributed by atoms with E-state index in [-0.39, 0.29) is 0 Å². The van der Waals surface area contributed by atoms with Gasteiger partial charge in [0.1, 0.15) is 0 Å². The molecule has 0 bridgehead atoms. The van der Waals surface area contributed by atoms with E-state index in [4.69, 9.17) is 0 Å². The summed E-state index contributed by atoms with van der Waals surface area (Å²) >= 11 is 0. The van der Waals surface area contributed by atoms with Gasteiger partial charge in [-0.3, -0.25) is 0 Å². The number of rotatable bonds is 14. The van der Waals surface area contributed by atoms with E-state index in [9.17, 15) is 0 Å². The first-order chi connectivity index (χ1) is 66.5. The number of benzene rings is 22. The van der Waals surface area contributed by atoms with Gasteiger partial charge in [0.25, 0.3) is 0 Å². The van der Waals surface area contributed by atoms with Crippen molar-refractivity contribution >= 4 is 89.8 Å². The molecular formula is C130H88N4. The summed E-state index contributed by atoms with van der Waals surface area (Å²) in [5, 5.41) is 5.04. The fraction of sp³-hybridized carbons (Fsp3) is 0.0154. The Bertz CT molecular complexity index is 8090. The predicted molar refractivity (Wildman–Crippen MR) is 561 cm³/mol. The van der Waals surface area contributed by atoms with E-state index >= 15 is 0 Å². The summed E-state index contributed by atoms with van der Waals surface area (Å²) in [4.78, 5) is 9.82. The smallest absolute Gasteiger partial charge is 0.0755 e. The van der Waals surface area contributed by atoms with Crippen molar-refractivity contribution in [1.82, 2.24) is 0 Å². The predicted octanol–water partition coefficient (Wildman–Crippen LogP) is 34.9. The molecule has 2 aliphatic heterocycles. The molecule has 0 saturated heterocycles. The fourth-order valence-electron chi connectivity index (χ4n) is 22.2. The van der Waals surface area contributed by atoms with Crippen molar-refractivity contribution in [3.05, 3.63) is 578 Å². The average molecular weight is 1710 g/mol. The standard InChI is InChI=1S/2C65H44N2/c1-3-17-45(18-4-1)47-37-41-52(42-38-47)66(53-43-39-48(40-44-53)46-33-35-50(36-34-46)55-25-15-20-49-19-7-8-23-54(49)55)63-32-16-29-60-64(63)56-24-9-10-26-57(56)65(60)58-27-11-13-30-61(58)67(51-21-5-2-6-22-51)62-31-14-12-28-59(62)65;1-3-16-45(17-4-1)48-36-40-54(41-37-48)66(55-42-38-49(39-43-55)47-30-32-50(33-31-47)52-35-34-46-18-7-8-19-51(46)44-52)63-29-15-26-60-64(63)56-22-9-10-23-57(56)65(60)58-24-11-13-27-61(58)67(53-20-5-2-6-21-53)62-28-14-12-25-59(62)65/h2*1-44H. The van der Waals surface area contributed by atoms with Crippen LogP contribution < -0.4 is 19.6 Å². The lowest BCUT2D eigenvalue weighted by Crippen LogP contribution is -2.36. The normalized spacial score (nSPS) is 12.9. The van der Waals surface area contributed by atoms with Crippen LogP contribution in [0, 0.1) is 0 Å². The second kappa shape index (κ2) is 32.9. The van der Waals surface area contributed by atoms with E-state index in [0.717, 1.165) is 45.5 Å². The minimum atomic E-state index is -0.564. The summed E-state index contributed by atoms with van der Waals surface area (Å²) in [6.45, 7) is 0. The van der Waals surface area contributed by atoms with Crippen LogP contribution in [0.25, 0.3) is 111 Å². The molecular weight excluding hydrogens is 1620 g/mol. The highest BCUT2D eigenvalue weighted by molar-refractivity contribution is 6.05. The van der Waals surface area contributed by atoms with Crippen LogP contribution in [0.15, 0.2) is 534 Å². The molecule has 0 fully saturated rings. The zero-order valence-corrected chi connectivity index (χ0v) is 73.6. The Morgan fingerprint density at radius 1 is 0.157 bits per heavy atom. The molecule has 0 unspecified atom stereocenters. The molecule has 22 aromatic rings. The van der Waals surface area contributed by atoms with Crippen LogP contribution in [-0.2, 0) is 10.8 Å². The molecule has 22 aromatic carbocycles. The number of hydrogen-bond acceptors (Lipinski definition) is 4. The molecule has 134 heavy (non-hydrogen) atoms. The summed E-state index contributed by atoms with van der Waals surface area (Å²) in [6, 6.07) is 196. The summed E-state index contributed by atoms with van der Waals surface area (Å²) in [6.07, 6.45) is 0. The molecule has 2 spiro atoms. The summed E-state index contributed by atoms with van der Waals surface area (Å²) in [7, 11) is 0. The van der Waals surface area contributed by atoms with Crippen molar-refractivity contribution in [1.29, 1.82) is 0 Å². The van der Waals surface area contributed by atoms with Gasteiger partial charge in [0.15, 0.2) is 0 Å². The van der Waals surface area contributed by atoms with E-state index in [1.54, 1.807) is 0 Å². The number of fused-ring (bicyclic) bond motifs is 20. The molecule has 0 saturated carbocycles. The van der Waals surface area contributed by atoms with E-state index in [2.05, 4.69) is 553 Å². The Morgan fingerprint density at radius 3 is 0.813 bits per heavy atom. The Morgan fingerprint density at radius 2 is 0.418 bits per heavy atom. The van der Waals surface area contributed by atoms with Crippen LogP contribution in [0.3, 0.4) is 0 Å². The second-order valence-corrected chi connectivity index (χ2v) is 35.2. The van der Waals surface area contributed by atoms with E-state index in [0.29, 0.717) is 0 Å². The van der Waals surface area contributed by atoms with E-state index < -0.39 is 10.8 Å². The highest BCUT2D eigenvalue weighted by Gasteiger charge is 2.55. The van der Waals surface area contributed by atoms with Gasteiger partial charge in [-0.25, -0.2) is 0 Å². The van der Waals surface area contributed by atoms with Gasteiger partial charge in [-0.1, -0.05) is 419 Å². The van der Waals surface area contributed by atoms with Gasteiger partial charge in [-0.05, 0) is 259 Å². The van der Waals surface area contributed by atoms with Gasteiger partial charge in [-0.2, -0.15) is 0 Å². The molecule has 0 atom stereocenters. The monoisotopic (exact) mass is 1700 g/mol. The summed E-state index contributed by atoms with van der Waals surface area (Å²) in [5.41, 5.74) is 42.2. The van der Waals surface area contributed by atoms with Crippen molar-refractivity contribution in [2.75, 3.05) is 19.6 Å². The summed E-state index contributed by atoms with van der Waals surface area (Å²) < 4.78 is 0. The lowest BCUT2D eigenvalue weighted by molar-refractivity contribution is 0.752. The van der Waals surface area contributed by atoms with Gasteiger partial charge in [-0.15, -0.1) is 0 Å². The van der Waals surface area contributed by atoms with Crippen LogP contribution in [0.2, 0.25) is 0 Å². The molecule has 2 heterocycles.